The van der Waals surface area contributed by atoms with Gasteiger partial charge in [0, 0.05) is 12.0 Å². The van der Waals surface area contributed by atoms with Crippen molar-refractivity contribution in [3.63, 3.8) is 0 Å². The smallest absolute Gasteiger partial charge is 0.127 e. The summed E-state index contributed by atoms with van der Waals surface area (Å²) in [7, 11) is 0. The van der Waals surface area contributed by atoms with Gasteiger partial charge in [-0.3, -0.25) is 5.41 Å². The Balaban J connectivity index is 2.26. The first kappa shape index (κ1) is 14.1. The zero-order chi connectivity index (χ0) is 14.4. The number of amidine groups is 1. The average molecular weight is 268 g/mol. The van der Waals surface area contributed by atoms with Crippen LogP contribution in [0.25, 0.3) is 11.1 Å². The Bertz CT molecular complexity index is 566. The van der Waals surface area contributed by atoms with Gasteiger partial charge in [-0.25, -0.2) is 0 Å². The van der Waals surface area contributed by atoms with Gasteiger partial charge in [0.25, 0.3) is 0 Å². The minimum atomic E-state index is -0.0580. The summed E-state index contributed by atoms with van der Waals surface area (Å²) in [5.74, 6) is 1.00. The van der Waals surface area contributed by atoms with E-state index in [0.717, 1.165) is 23.3 Å². The third kappa shape index (κ3) is 3.60. The van der Waals surface area contributed by atoms with Crippen molar-refractivity contribution in [3.05, 3.63) is 54.6 Å². The third-order valence-electron chi connectivity index (χ3n) is 3.17. The van der Waals surface area contributed by atoms with Crippen molar-refractivity contribution in [1.82, 2.24) is 0 Å². The summed E-state index contributed by atoms with van der Waals surface area (Å²) < 4.78 is 6.04. The van der Waals surface area contributed by atoms with E-state index in [1.165, 1.54) is 0 Å². The molecule has 0 radical (unpaired) electrons. The van der Waals surface area contributed by atoms with Crippen LogP contribution in [0.1, 0.15) is 19.8 Å². The normalized spacial score (nSPS) is 11.8. The van der Waals surface area contributed by atoms with E-state index in [0.29, 0.717) is 6.42 Å². The zero-order valence-electron chi connectivity index (χ0n) is 11.7. The van der Waals surface area contributed by atoms with Crippen LogP contribution in [0.4, 0.5) is 0 Å². The van der Waals surface area contributed by atoms with Crippen molar-refractivity contribution < 1.29 is 4.74 Å². The van der Waals surface area contributed by atoms with E-state index in [-0.39, 0.29) is 11.9 Å². The number of benzene rings is 2. The van der Waals surface area contributed by atoms with Crippen LogP contribution in [0.15, 0.2) is 54.6 Å². The van der Waals surface area contributed by atoms with Crippen molar-refractivity contribution in [2.45, 2.75) is 25.9 Å². The van der Waals surface area contributed by atoms with Crippen LogP contribution in [-0.4, -0.2) is 11.9 Å². The number of nitrogens with two attached hydrogens (primary N) is 1. The lowest BCUT2D eigenvalue weighted by molar-refractivity contribution is 0.205. The quantitative estimate of drug-likeness (QED) is 0.617. The summed E-state index contributed by atoms with van der Waals surface area (Å²) in [4.78, 5) is 0. The molecule has 0 aromatic heterocycles. The number of hydrogen-bond donors (Lipinski definition) is 2. The van der Waals surface area contributed by atoms with Crippen molar-refractivity contribution >= 4 is 5.84 Å². The molecule has 104 valence electrons. The standard InChI is InChI=1S/C17H20N2O/c1-2-14(12-17(18)19)20-16-11-7-6-10-15(16)13-8-4-3-5-9-13/h3-11,14H,2,12H2,1H3,(H3,18,19). The van der Waals surface area contributed by atoms with Gasteiger partial charge in [-0.05, 0) is 18.1 Å². The number of hydrogen-bond acceptors (Lipinski definition) is 2. The van der Waals surface area contributed by atoms with Gasteiger partial charge in [-0.2, -0.15) is 0 Å². The molecule has 20 heavy (non-hydrogen) atoms. The maximum atomic E-state index is 7.41. The first-order chi connectivity index (χ1) is 9.70. The van der Waals surface area contributed by atoms with Crippen LogP contribution >= 0.6 is 0 Å². The van der Waals surface area contributed by atoms with Crippen LogP contribution in [0.5, 0.6) is 5.75 Å². The lowest BCUT2D eigenvalue weighted by Crippen LogP contribution is -2.24. The van der Waals surface area contributed by atoms with Crippen LogP contribution in [0.2, 0.25) is 0 Å². The highest BCUT2D eigenvalue weighted by atomic mass is 16.5. The minimum Gasteiger partial charge on any atom is -0.489 e. The Morgan fingerprint density at radius 3 is 2.40 bits per heavy atom. The summed E-state index contributed by atoms with van der Waals surface area (Å²) in [5.41, 5.74) is 7.67. The molecule has 0 saturated heterocycles. The van der Waals surface area contributed by atoms with Gasteiger partial charge in [0.1, 0.15) is 11.9 Å². The van der Waals surface area contributed by atoms with Crippen LogP contribution in [0, 0.1) is 5.41 Å². The monoisotopic (exact) mass is 268 g/mol. The van der Waals surface area contributed by atoms with Crippen molar-refractivity contribution in [3.8, 4) is 16.9 Å². The van der Waals surface area contributed by atoms with Crippen molar-refractivity contribution in [1.29, 1.82) is 5.41 Å². The third-order valence-corrected chi connectivity index (χ3v) is 3.17. The molecule has 0 aliphatic heterocycles. The average Bonchev–Trinajstić information content (AvgIpc) is 2.47. The van der Waals surface area contributed by atoms with Crippen LogP contribution < -0.4 is 10.5 Å². The number of rotatable bonds is 6. The molecular formula is C17H20N2O. The molecular weight excluding hydrogens is 248 g/mol. The zero-order valence-corrected chi connectivity index (χ0v) is 11.7. The first-order valence-corrected chi connectivity index (χ1v) is 6.84. The minimum absolute atomic E-state index is 0.0580. The lowest BCUT2D eigenvalue weighted by Gasteiger charge is -2.19. The van der Waals surface area contributed by atoms with E-state index < -0.39 is 0 Å². The van der Waals surface area contributed by atoms with Crippen LogP contribution in [0.3, 0.4) is 0 Å². The number of ether oxygens (including phenoxy) is 1. The second-order valence-electron chi connectivity index (χ2n) is 4.74. The Labute approximate surface area is 119 Å². The van der Waals surface area contributed by atoms with Crippen molar-refractivity contribution in [2.75, 3.05) is 0 Å². The second kappa shape index (κ2) is 6.75. The van der Waals surface area contributed by atoms with E-state index in [4.69, 9.17) is 15.9 Å². The summed E-state index contributed by atoms with van der Waals surface area (Å²) in [6, 6.07) is 18.1. The molecule has 2 aromatic rings. The maximum absolute atomic E-state index is 7.41. The van der Waals surface area contributed by atoms with E-state index in [2.05, 4.69) is 12.1 Å². The molecule has 1 unspecified atom stereocenters. The Hall–Kier alpha value is -2.29. The van der Waals surface area contributed by atoms with E-state index in [1.54, 1.807) is 0 Å². The lowest BCUT2D eigenvalue weighted by atomic mass is 10.0. The fourth-order valence-corrected chi connectivity index (χ4v) is 2.12. The van der Waals surface area contributed by atoms with Gasteiger partial charge >= 0.3 is 0 Å². The molecule has 3 heteroatoms. The molecule has 0 aliphatic carbocycles. The second-order valence-corrected chi connectivity index (χ2v) is 4.74. The van der Waals surface area contributed by atoms with Crippen molar-refractivity contribution in [2.24, 2.45) is 5.73 Å². The van der Waals surface area contributed by atoms with Gasteiger partial charge in [0.15, 0.2) is 0 Å². The molecule has 0 spiro atoms. The predicted molar refractivity (Wildman–Crippen MR) is 83.1 cm³/mol. The van der Waals surface area contributed by atoms with E-state index >= 15 is 0 Å². The molecule has 3 nitrogen and oxygen atoms in total. The fourth-order valence-electron chi connectivity index (χ4n) is 2.12. The summed E-state index contributed by atoms with van der Waals surface area (Å²) in [5, 5.41) is 7.41. The Morgan fingerprint density at radius 1 is 1.10 bits per heavy atom. The highest BCUT2D eigenvalue weighted by Gasteiger charge is 2.13. The molecule has 0 fully saturated rings. The molecule has 0 aliphatic rings. The van der Waals surface area contributed by atoms with Gasteiger partial charge in [0.2, 0.25) is 0 Å². The summed E-state index contributed by atoms with van der Waals surface area (Å²) >= 11 is 0. The molecule has 0 heterocycles. The molecule has 0 saturated carbocycles. The largest absolute Gasteiger partial charge is 0.489 e. The number of para-hydroxylation sites is 1. The Morgan fingerprint density at radius 2 is 1.75 bits per heavy atom. The maximum Gasteiger partial charge on any atom is 0.127 e. The van der Waals surface area contributed by atoms with Gasteiger partial charge < -0.3 is 10.5 Å². The highest BCUT2D eigenvalue weighted by molar-refractivity contribution is 5.77. The summed E-state index contributed by atoms with van der Waals surface area (Å²) in [6.45, 7) is 2.04. The molecule has 1 atom stereocenters. The number of nitrogens with one attached hydrogen (secondary N) is 1. The molecule has 2 rings (SSSR count). The molecule has 2 aromatic carbocycles. The van der Waals surface area contributed by atoms with Gasteiger partial charge in [0.05, 0.1) is 5.84 Å². The molecule has 3 N–H and O–H groups in total. The molecule has 0 amide bonds. The summed E-state index contributed by atoms with van der Waals surface area (Å²) in [6.07, 6.45) is 1.22. The highest BCUT2D eigenvalue weighted by Crippen LogP contribution is 2.30. The SMILES string of the molecule is CCC(CC(=N)N)Oc1ccccc1-c1ccccc1. The molecule has 0 bridgehead atoms. The first-order valence-electron chi connectivity index (χ1n) is 6.84. The predicted octanol–water partition coefficient (Wildman–Crippen LogP) is 3.84. The topological polar surface area (TPSA) is 59.1 Å². The Kier molecular flexibility index (Phi) is 4.77. The van der Waals surface area contributed by atoms with E-state index in [9.17, 15) is 0 Å². The van der Waals surface area contributed by atoms with E-state index in [1.807, 2.05) is 49.4 Å². The fraction of sp³-hybridized carbons (Fsp3) is 0.235. The van der Waals surface area contributed by atoms with Gasteiger partial charge in [-0.1, -0.05) is 55.5 Å². The van der Waals surface area contributed by atoms with Crippen LogP contribution in [-0.2, 0) is 0 Å². The van der Waals surface area contributed by atoms with Gasteiger partial charge in [-0.15, -0.1) is 0 Å².